The maximum absolute atomic E-state index is 8.97. The van der Waals surface area contributed by atoms with Gasteiger partial charge in [-0.2, -0.15) is 0 Å². The van der Waals surface area contributed by atoms with E-state index in [2.05, 4.69) is 13.0 Å². The number of hydrogen-bond acceptors (Lipinski definition) is 6. The summed E-state index contributed by atoms with van der Waals surface area (Å²) in [7, 11) is 4.91. The standard InChI is InChI=1S/C26H35N3O3S/c1-5-6-7-8-9-10-14-29-25(27)21-16-23(31-3)24(32-4)17-22(21)28-26(29)33-18-19-12-11-13-20(15-19)30-2/h11-13,15-17,27H,5-10,14,18H2,1-4H3. The van der Waals surface area contributed by atoms with Crippen LogP contribution in [0.4, 0.5) is 0 Å². The lowest BCUT2D eigenvalue weighted by molar-refractivity contribution is 0.355. The highest BCUT2D eigenvalue weighted by Crippen LogP contribution is 2.32. The summed E-state index contributed by atoms with van der Waals surface area (Å²) in [6.45, 7) is 3.01. The molecule has 1 N–H and O–H groups in total. The van der Waals surface area contributed by atoms with E-state index in [9.17, 15) is 0 Å². The van der Waals surface area contributed by atoms with Crippen molar-refractivity contribution in [3.8, 4) is 17.2 Å². The van der Waals surface area contributed by atoms with E-state index in [0.29, 0.717) is 17.0 Å². The minimum atomic E-state index is 0.461. The van der Waals surface area contributed by atoms with E-state index in [0.717, 1.165) is 52.5 Å². The molecule has 178 valence electrons. The van der Waals surface area contributed by atoms with Crippen molar-refractivity contribution in [2.24, 2.45) is 0 Å². The minimum Gasteiger partial charge on any atom is -0.497 e. The summed E-state index contributed by atoms with van der Waals surface area (Å²) in [5.41, 5.74) is 2.36. The molecule has 33 heavy (non-hydrogen) atoms. The van der Waals surface area contributed by atoms with Crippen molar-refractivity contribution in [2.75, 3.05) is 21.3 Å². The number of methoxy groups -OCH3 is 3. The Hall–Kier alpha value is -2.67. The molecule has 0 spiro atoms. The summed E-state index contributed by atoms with van der Waals surface area (Å²) >= 11 is 1.65. The number of aromatic nitrogens is 2. The van der Waals surface area contributed by atoms with E-state index < -0.39 is 0 Å². The van der Waals surface area contributed by atoms with Gasteiger partial charge in [0, 0.05) is 23.8 Å². The van der Waals surface area contributed by atoms with Gasteiger partial charge in [0.25, 0.3) is 0 Å². The second kappa shape index (κ2) is 12.5. The molecular weight excluding hydrogens is 434 g/mol. The highest BCUT2D eigenvalue weighted by atomic mass is 32.2. The molecule has 3 aromatic rings. The maximum Gasteiger partial charge on any atom is 0.170 e. The zero-order valence-electron chi connectivity index (χ0n) is 20.1. The fourth-order valence-electron chi connectivity index (χ4n) is 3.83. The zero-order valence-corrected chi connectivity index (χ0v) is 21.0. The molecule has 0 bridgehead atoms. The molecule has 1 heterocycles. The van der Waals surface area contributed by atoms with Crippen molar-refractivity contribution in [1.82, 2.24) is 9.55 Å². The van der Waals surface area contributed by atoms with Gasteiger partial charge in [0.1, 0.15) is 11.2 Å². The van der Waals surface area contributed by atoms with Gasteiger partial charge in [-0.1, -0.05) is 62.9 Å². The predicted molar refractivity (Wildman–Crippen MR) is 135 cm³/mol. The molecule has 0 saturated carbocycles. The smallest absolute Gasteiger partial charge is 0.170 e. The summed E-state index contributed by atoms with van der Waals surface area (Å²) in [6, 6.07) is 11.8. The number of fused-ring (bicyclic) bond motifs is 1. The monoisotopic (exact) mass is 469 g/mol. The first-order chi connectivity index (χ1) is 16.1. The van der Waals surface area contributed by atoms with Gasteiger partial charge in [0.2, 0.25) is 0 Å². The van der Waals surface area contributed by atoms with E-state index in [-0.39, 0.29) is 0 Å². The molecule has 0 radical (unpaired) electrons. The van der Waals surface area contributed by atoms with Crippen molar-refractivity contribution >= 4 is 22.7 Å². The largest absolute Gasteiger partial charge is 0.497 e. The normalized spacial score (nSPS) is 11.0. The number of benzene rings is 2. The molecule has 3 rings (SSSR count). The van der Waals surface area contributed by atoms with Crippen LogP contribution in [0.1, 0.15) is 51.0 Å². The number of unbranched alkanes of at least 4 members (excludes halogenated alkanes) is 5. The molecule has 0 aliphatic rings. The minimum absolute atomic E-state index is 0.461. The lowest BCUT2D eigenvalue weighted by Gasteiger charge is -2.16. The van der Waals surface area contributed by atoms with E-state index in [4.69, 9.17) is 24.6 Å². The molecule has 6 nitrogen and oxygen atoms in total. The van der Waals surface area contributed by atoms with E-state index in [1.165, 1.54) is 25.7 Å². The van der Waals surface area contributed by atoms with Crippen molar-refractivity contribution in [1.29, 1.82) is 5.41 Å². The van der Waals surface area contributed by atoms with E-state index in [1.807, 2.05) is 34.9 Å². The molecule has 1 aromatic heterocycles. The maximum atomic E-state index is 8.97. The van der Waals surface area contributed by atoms with Crippen molar-refractivity contribution in [3.05, 3.63) is 47.4 Å². The number of nitrogens with one attached hydrogen (secondary N) is 1. The Morgan fingerprint density at radius 3 is 2.36 bits per heavy atom. The highest BCUT2D eigenvalue weighted by molar-refractivity contribution is 7.98. The molecule has 7 heteroatoms. The first-order valence-corrected chi connectivity index (χ1v) is 12.6. The number of nitrogens with zero attached hydrogens (tertiary/aromatic N) is 2. The average Bonchev–Trinajstić information content (AvgIpc) is 2.85. The highest BCUT2D eigenvalue weighted by Gasteiger charge is 2.14. The van der Waals surface area contributed by atoms with Crippen molar-refractivity contribution < 1.29 is 14.2 Å². The second-order valence-corrected chi connectivity index (χ2v) is 8.97. The quantitative estimate of drug-likeness (QED) is 0.183. The Bertz CT molecular complexity index is 1110. The molecule has 2 aromatic carbocycles. The van der Waals surface area contributed by atoms with E-state index in [1.54, 1.807) is 33.1 Å². The summed E-state index contributed by atoms with van der Waals surface area (Å²) in [5.74, 6) is 2.83. The fraction of sp³-hybridized carbons (Fsp3) is 0.462. The third kappa shape index (κ3) is 6.44. The molecule has 0 aliphatic carbocycles. The Balaban J connectivity index is 1.92. The van der Waals surface area contributed by atoms with E-state index >= 15 is 0 Å². The average molecular weight is 470 g/mol. The molecule has 0 atom stereocenters. The zero-order chi connectivity index (χ0) is 23.6. The SMILES string of the molecule is CCCCCCCCn1c(SCc2cccc(OC)c2)nc2cc(OC)c(OC)cc2c1=N. The van der Waals surface area contributed by atoms with Crippen LogP contribution in [0.15, 0.2) is 41.6 Å². The molecule has 0 amide bonds. The number of ether oxygens (including phenoxy) is 3. The summed E-state index contributed by atoms with van der Waals surface area (Å²) in [6.07, 6.45) is 7.25. The van der Waals surface area contributed by atoms with Crippen LogP contribution in [0.3, 0.4) is 0 Å². The van der Waals surface area contributed by atoms with Gasteiger partial charge in [-0.05, 0) is 30.2 Å². The van der Waals surface area contributed by atoms with Crippen LogP contribution in [0, 0.1) is 5.41 Å². The van der Waals surface area contributed by atoms with Gasteiger partial charge in [-0.25, -0.2) is 4.98 Å². The van der Waals surface area contributed by atoms with Crippen LogP contribution in [-0.2, 0) is 12.3 Å². The van der Waals surface area contributed by atoms with Gasteiger partial charge < -0.3 is 18.8 Å². The summed E-state index contributed by atoms with van der Waals surface area (Å²) < 4.78 is 18.3. The molecule has 0 aliphatic heterocycles. The Morgan fingerprint density at radius 1 is 0.909 bits per heavy atom. The van der Waals surface area contributed by atoms with Crippen LogP contribution in [0.5, 0.6) is 17.2 Å². The van der Waals surface area contributed by atoms with Crippen LogP contribution < -0.4 is 19.7 Å². The van der Waals surface area contributed by atoms with Gasteiger partial charge in [-0.15, -0.1) is 0 Å². The molecule has 0 saturated heterocycles. The fourth-order valence-corrected chi connectivity index (χ4v) is 4.81. The van der Waals surface area contributed by atoms with Gasteiger partial charge in [0.15, 0.2) is 16.7 Å². The van der Waals surface area contributed by atoms with Crippen LogP contribution in [-0.4, -0.2) is 30.9 Å². The Labute approximate surface area is 200 Å². The van der Waals surface area contributed by atoms with Crippen LogP contribution in [0.2, 0.25) is 0 Å². The number of rotatable bonds is 13. The topological polar surface area (TPSA) is 69.4 Å². The predicted octanol–water partition coefficient (Wildman–Crippen LogP) is 6.19. The third-order valence-electron chi connectivity index (χ3n) is 5.71. The Morgan fingerprint density at radius 2 is 1.64 bits per heavy atom. The second-order valence-electron chi connectivity index (χ2n) is 8.03. The molecule has 0 fully saturated rings. The van der Waals surface area contributed by atoms with Crippen molar-refractivity contribution in [3.63, 3.8) is 0 Å². The number of hydrogen-bond donors (Lipinski definition) is 1. The van der Waals surface area contributed by atoms with Crippen LogP contribution in [0.25, 0.3) is 10.9 Å². The van der Waals surface area contributed by atoms with Gasteiger partial charge in [-0.3, -0.25) is 5.41 Å². The lowest BCUT2D eigenvalue weighted by Crippen LogP contribution is -2.24. The first-order valence-electron chi connectivity index (χ1n) is 11.6. The van der Waals surface area contributed by atoms with Crippen molar-refractivity contribution in [2.45, 2.75) is 62.9 Å². The van der Waals surface area contributed by atoms with Crippen LogP contribution >= 0.6 is 11.8 Å². The van der Waals surface area contributed by atoms with Gasteiger partial charge in [0.05, 0.1) is 26.8 Å². The Kier molecular flexibility index (Phi) is 9.48. The summed E-state index contributed by atoms with van der Waals surface area (Å²) in [5, 5.41) is 10.6. The molecule has 0 unspecified atom stereocenters. The third-order valence-corrected chi connectivity index (χ3v) is 6.76. The number of thioether (sulfide) groups is 1. The molecular formula is C26H35N3O3S. The lowest BCUT2D eigenvalue weighted by atomic mass is 10.1. The first kappa shape index (κ1) is 25.0. The summed E-state index contributed by atoms with van der Waals surface area (Å²) in [4.78, 5) is 4.95. The van der Waals surface area contributed by atoms with Gasteiger partial charge >= 0.3 is 0 Å².